The third-order valence-corrected chi connectivity index (χ3v) is 9.68. The van der Waals surface area contributed by atoms with Crippen LogP contribution in [0.4, 0.5) is 0 Å². The Morgan fingerprint density at radius 3 is 1.46 bits per heavy atom. The van der Waals surface area contributed by atoms with E-state index in [1.165, 1.54) is 11.1 Å². The third kappa shape index (κ3) is 5.88. The molecule has 4 nitrogen and oxygen atoms in total. The number of rotatable bonds is 9. The molecule has 0 fully saturated rings. The van der Waals surface area contributed by atoms with Gasteiger partial charge in [-0.15, -0.1) is 0 Å². The number of nitrogens with zero attached hydrogens (tertiary/aromatic N) is 4. The minimum Gasteiger partial charge on any atom is -0.332 e. The van der Waals surface area contributed by atoms with Crippen LogP contribution in [0.15, 0.2) is 95.8 Å². The van der Waals surface area contributed by atoms with Crippen molar-refractivity contribution >= 4 is 41.2 Å². The van der Waals surface area contributed by atoms with Crippen LogP contribution in [0, 0.1) is 0 Å². The number of benzene rings is 2. The molecular weight excluding hydrogens is 425 g/mol. The van der Waals surface area contributed by atoms with E-state index in [0.29, 0.717) is 0 Å². The van der Waals surface area contributed by atoms with Crippen LogP contribution in [0.1, 0.15) is 11.1 Å². The van der Waals surface area contributed by atoms with Crippen molar-refractivity contribution < 1.29 is 0 Å². The summed E-state index contributed by atoms with van der Waals surface area (Å²) < 4.78 is 4.22. The lowest BCUT2D eigenvalue weighted by molar-refractivity contribution is 0.796. The number of imidazole rings is 2. The van der Waals surface area contributed by atoms with Crippen LogP contribution in [0.2, 0.25) is 0 Å². The maximum Gasteiger partial charge on any atom is 0.125 e. The normalized spacial score (nSPS) is 11.0. The monoisotopic (exact) mass is 442 g/mol. The van der Waals surface area contributed by atoms with Gasteiger partial charge in [-0.1, -0.05) is 60.7 Å². The van der Waals surface area contributed by atoms with Gasteiger partial charge >= 0.3 is 0 Å². The summed E-state index contributed by atoms with van der Waals surface area (Å²) in [6.45, 7) is 1.69. The fourth-order valence-electron chi connectivity index (χ4n) is 2.62. The van der Waals surface area contributed by atoms with Crippen LogP contribution >= 0.6 is 41.2 Å². The first-order chi connectivity index (χ1) is 13.8. The van der Waals surface area contributed by atoms with Crippen molar-refractivity contribution in [1.82, 2.24) is 19.1 Å². The molecule has 142 valence electrons. The van der Waals surface area contributed by atoms with E-state index in [4.69, 9.17) is 0 Å². The summed E-state index contributed by atoms with van der Waals surface area (Å²) in [4.78, 5) is 8.94. The molecular formula is C20H18N4S4. The molecule has 2 aromatic heterocycles. The Kier molecular flexibility index (Phi) is 7.10. The van der Waals surface area contributed by atoms with Crippen molar-refractivity contribution in [2.45, 2.75) is 23.1 Å². The molecule has 0 aliphatic rings. The second-order valence-electron chi connectivity index (χ2n) is 6.04. The first-order valence-electron chi connectivity index (χ1n) is 8.64. The highest BCUT2D eigenvalue weighted by Gasteiger charge is 2.05. The van der Waals surface area contributed by atoms with Gasteiger partial charge in [-0.05, 0) is 52.4 Å². The van der Waals surface area contributed by atoms with Gasteiger partial charge in [0.1, 0.15) is 10.1 Å². The Balaban J connectivity index is 1.20. The topological polar surface area (TPSA) is 35.6 Å². The van der Waals surface area contributed by atoms with Crippen molar-refractivity contribution in [3.8, 4) is 0 Å². The Morgan fingerprint density at radius 2 is 1.04 bits per heavy atom. The minimum absolute atomic E-state index is 0.847. The van der Waals surface area contributed by atoms with Crippen LogP contribution in [0.3, 0.4) is 0 Å². The first-order valence-corrected chi connectivity index (χ1v) is 13.5. The Bertz CT molecular complexity index is 904. The first kappa shape index (κ1) is 19.6. The Labute approximate surface area is 179 Å². The van der Waals surface area contributed by atoms with Gasteiger partial charge in [-0.25, -0.2) is 9.97 Å². The molecule has 0 saturated carbocycles. The summed E-state index contributed by atoms with van der Waals surface area (Å²) in [5.41, 5.74) is 2.56. The number of hydrogen-bond acceptors (Lipinski definition) is 6. The van der Waals surface area contributed by atoms with Gasteiger partial charge < -0.3 is 9.13 Å². The predicted molar refractivity (Wildman–Crippen MR) is 122 cm³/mol. The molecule has 2 aromatic carbocycles. The fraction of sp³-hybridized carbons (Fsp3) is 0.100. The Morgan fingerprint density at radius 1 is 0.607 bits per heavy atom. The molecule has 8 heteroatoms. The molecule has 0 radical (unpaired) electrons. The SMILES string of the molecule is c1ccc(Cn2cnc(SSSSc3cn(Cc4ccccc4)cn3)c2)cc1. The predicted octanol–water partition coefficient (Wildman–Crippen LogP) is 6.27. The summed E-state index contributed by atoms with van der Waals surface area (Å²) in [6.07, 6.45) is 7.95. The quantitative estimate of drug-likeness (QED) is 0.224. The molecule has 4 aromatic rings. The van der Waals surface area contributed by atoms with Gasteiger partial charge in [0, 0.05) is 25.5 Å². The highest BCUT2D eigenvalue weighted by atomic mass is 33.7. The number of hydrogen-bond donors (Lipinski definition) is 0. The molecule has 28 heavy (non-hydrogen) atoms. The molecule has 0 saturated heterocycles. The van der Waals surface area contributed by atoms with Gasteiger partial charge in [0.15, 0.2) is 0 Å². The number of aromatic nitrogens is 4. The maximum atomic E-state index is 4.47. The molecule has 4 rings (SSSR count). The second-order valence-corrected chi connectivity index (χ2v) is 11.8. The zero-order valence-electron chi connectivity index (χ0n) is 14.9. The smallest absolute Gasteiger partial charge is 0.125 e. The lowest BCUT2D eigenvalue weighted by Crippen LogP contribution is -1.95. The fourth-order valence-corrected chi connectivity index (χ4v) is 7.71. The summed E-state index contributed by atoms with van der Waals surface area (Å²) in [7, 11) is 6.76. The van der Waals surface area contributed by atoms with Crippen molar-refractivity contribution in [1.29, 1.82) is 0 Å². The van der Waals surface area contributed by atoms with Gasteiger partial charge in [0.05, 0.1) is 12.7 Å². The van der Waals surface area contributed by atoms with Crippen molar-refractivity contribution in [2.75, 3.05) is 0 Å². The van der Waals surface area contributed by atoms with Gasteiger partial charge in [-0.3, -0.25) is 0 Å². The average Bonchev–Trinajstić information content (AvgIpc) is 3.36. The van der Waals surface area contributed by atoms with Crippen LogP contribution in [0.25, 0.3) is 0 Å². The van der Waals surface area contributed by atoms with E-state index in [1.807, 2.05) is 24.8 Å². The molecule has 0 spiro atoms. The van der Waals surface area contributed by atoms with E-state index >= 15 is 0 Å². The lowest BCUT2D eigenvalue weighted by atomic mass is 10.2. The van der Waals surface area contributed by atoms with E-state index in [-0.39, 0.29) is 0 Å². The standard InChI is InChI=1S/C20H18N4S4/c1-3-7-17(8-4-1)11-23-13-19(21-15-23)25-27-28-26-20-14-24(16-22-20)12-18-9-5-2-6-10-18/h1-10,13-16H,11-12H2. The highest BCUT2D eigenvalue weighted by Crippen LogP contribution is 2.48. The lowest BCUT2D eigenvalue weighted by Gasteiger charge is -2.01. The maximum absolute atomic E-state index is 4.47. The van der Waals surface area contributed by atoms with Gasteiger partial charge in [0.2, 0.25) is 0 Å². The summed E-state index contributed by atoms with van der Waals surface area (Å²) in [6, 6.07) is 20.8. The zero-order valence-corrected chi connectivity index (χ0v) is 18.2. The molecule has 0 amide bonds. The summed E-state index contributed by atoms with van der Waals surface area (Å²) in [5, 5.41) is 2.03. The summed E-state index contributed by atoms with van der Waals surface area (Å²) >= 11 is 0. The van der Waals surface area contributed by atoms with Crippen molar-refractivity contribution in [3.63, 3.8) is 0 Å². The van der Waals surface area contributed by atoms with Crippen LogP contribution < -0.4 is 0 Å². The molecule has 0 N–H and O–H groups in total. The van der Waals surface area contributed by atoms with E-state index < -0.39 is 0 Å². The van der Waals surface area contributed by atoms with E-state index in [9.17, 15) is 0 Å². The van der Waals surface area contributed by atoms with Crippen LogP contribution in [-0.4, -0.2) is 19.1 Å². The van der Waals surface area contributed by atoms with Gasteiger partial charge in [-0.2, -0.15) is 0 Å². The van der Waals surface area contributed by atoms with Crippen molar-refractivity contribution in [2.24, 2.45) is 0 Å². The molecule has 0 aliphatic carbocycles. The average molecular weight is 443 g/mol. The van der Waals surface area contributed by atoms with E-state index in [0.717, 1.165) is 23.1 Å². The molecule has 0 unspecified atom stereocenters. The molecule has 0 atom stereocenters. The minimum atomic E-state index is 0.847. The largest absolute Gasteiger partial charge is 0.332 e. The van der Waals surface area contributed by atoms with E-state index in [2.05, 4.69) is 80.0 Å². The molecule has 0 bridgehead atoms. The Hall–Kier alpha value is -1.74. The van der Waals surface area contributed by atoms with Crippen LogP contribution in [0.5, 0.6) is 0 Å². The van der Waals surface area contributed by atoms with Crippen LogP contribution in [-0.2, 0) is 13.1 Å². The molecule has 0 aliphatic heterocycles. The second kappa shape index (κ2) is 10.2. The summed E-state index contributed by atoms with van der Waals surface area (Å²) in [5.74, 6) is 0. The zero-order chi connectivity index (χ0) is 19.0. The highest BCUT2D eigenvalue weighted by molar-refractivity contribution is 9.26. The van der Waals surface area contributed by atoms with Gasteiger partial charge in [0.25, 0.3) is 0 Å². The van der Waals surface area contributed by atoms with Crippen molar-refractivity contribution in [3.05, 3.63) is 96.8 Å². The molecule has 2 heterocycles. The third-order valence-electron chi connectivity index (χ3n) is 3.90. The van der Waals surface area contributed by atoms with E-state index in [1.54, 1.807) is 41.2 Å².